The van der Waals surface area contributed by atoms with Gasteiger partial charge in [-0.05, 0) is 99.4 Å². The van der Waals surface area contributed by atoms with Crippen molar-refractivity contribution in [3.63, 3.8) is 0 Å². The van der Waals surface area contributed by atoms with Crippen LogP contribution in [0.5, 0.6) is 11.5 Å². The van der Waals surface area contributed by atoms with E-state index in [1.807, 2.05) is 32.0 Å². The zero-order chi connectivity index (χ0) is 26.4. The van der Waals surface area contributed by atoms with Crippen LogP contribution in [0.4, 0.5) is 16.2 Å². The molecule has 0 bridgehead atoms. The molecule has 1 aliphatic heterocycles. The van der Waals surface area contributed by atoms with Crippen molar-refractivity contribution in [1.29, 1.82) is 0 Å². The molecule has 1 fully saturated rings. The molecule has 3 N–H and O–H groups in total. The Morgan fingerprint density at radius 1 is 0.892 bits per heavy atom. The molecule has 0 radical (unpaired) electrons. The van der Waals surface area contributed by atoms with Gasteiger partial charge in [0.1, 0.15) is 5.75 Å². The minimum atomic E-state index is -0.519. The predicted molar refractivity (Wildman–Crippen MR) is 150 cm³/mol. The van der Waals surface area contributed by atoms with Crippen molar-refractivity contribution in [2.45, 2.75) is 26.7 Å². The molecule has 7 nitrogen and oxygen atoms in total. The van der Waals surface area contributed by atoms with Crippen LogP contribution >= 0.6 is 23.2 Å². The van der Waals surface area contributed by atoms with Gasteiger partial charge in [0, 0.05) is 24.3 Å². The van der Waals surface area contributed by atoms with E-state index in [0.717, 1.165) is 30.8 Å². The first-order valence-electron chi connectivity index (χ1n) is 12.2. The van der Waals surface area contributed by atoms with Gasteiger partial charge in [-0.2, -0.15) is 0 Å². The third-order valence-electron chi connectivity index (χ3n) is 6.29. The summed E-state index contributed by atoms with van der Waals surface area (Å²) in [5.41, 5.74) is 3.46. The van der Waals surface area contributed by atoms with Crippen LogP contribution in [0.15, 0.2) is 54.6 Å². The van der Waals surface area contributed by atoms with Crippen LogP contribution < -0.4 is 20.7 Å². The van der Waals surface area contributed by atoms with Crippen LogP contribution in [-0.2, 0) is 0 Å². The van der Waals surface area contributed by atoms with Gasteiger partial charge in [0.15, 0.2) is 5.75 Å². The topological polar surface area (TPSA) is 82.7 Å². The molecular weight excluding hydrogens is 511 g/mol. The Morgan fingerprint density at radius 3 is 2.41 bits per heavy atom. The molecule has 0 unspecified atom stereocenters. The Morgan fingerprint density at radius 2 is 1.68 bits per heavy atom. The number of rotatable bonds is 8. The Bertz CT molecular complexity index is 1290. The Labute approximate surface area is 227 Å². The summed E-state index contributed by atoms with van der Waals surface area (Å²) >= 11 is 12.0. The van der Waals surface area contributed by atoms with Crippen LogP contribution in [0.1, 0.15) is 34.3 Å². The van der Waals surface area contributed by atoms with E-state index in [2.05, 4.69) is 20.9 Å². The minimum Gasteiger partial charge on any atom is -0.455 e. The van der Waals surface area contributed by atoms with E-state index < -0.39 is 6.03 Å². The maximum Gasteiger partial charge on any atom is 0.323 e. The van der Waals surface area contributed by atoms with Crippen molar-refractivity contribution in [3.05, 3.63) is 81.3 Å². The monoisotopic (exact) mass is 540 g/mol. The third-order valence-corrected chi connectivity index (χ3v) is 7.02. The Hall–Kier alpha value is -3.26. The summed E-state index contributed by atoms with van der Waals surface area (Å²) in [6.07, 6.45) is 2.41. The highest BCUT2D eigenvalue weighted by atomic mass is 35.5. The van der Waals surface area contributed by atoms with Gasteiger partial charge in [-0.15, -0.1) is 0 Å². The second-order valence-corrected chi connectivity index (χ2v) is 9.89. The van der Waals surface area contributed by atoms with E-state index in [4.69, 9.17) is 27.9 Å². The summed E-state index contributed by atoms with van der Waals surface area (Å²) in [7, 11) is 0. The summed E-state index contributed by atoms with van der Waals surface area (Å²) in [4.78, 5) is 28.0. The molecule has 9 heteroatoms. The van der Waals surface area contributed by atoms with Gasteiger partial charge in [0.25, 0.3) is 5.91 Å². The highest BCUT2D eigenvalue weighted by Gasteiger charge is 2.16. The molecular formula is C28H30Cl2N4O3. The fourth-order valence-corrected chi connectivity index (χ4v) is 4.35. The van der Waals surface area contributed by atoms with Gasteiger partial charge in [-0.3, -0.25) is 4.79 Å². The number of carbonyl (C=O) groups is 2. The average Bonchev–Trinajstić information content (AvgIpc) is 3.38. The summed E-state index contributed by atoms with van der Waals surface area (Å²) in [6.45, 7) is 7.54. The third kappa shape index (κ3) is 7.38. The molecule has 1 heterocycles. The smallest absolute Gasteiger partial charge is 0.323 e. The van der Waals surface area contributed by atoms with Crippen LogP contribution in [0.3, 0.4) is 0 Å². The minimum absolute atomic E-state index is 0.218. The summed E-state index contributed by atoms with van der Waals surface area (Å²) in [5, 5.41) is 9.20. The van der Waals surface area contributed by atoms with Crippen molar-refractivity contribution in [3.8, 4) is 11.5 Å². The van der Waals surface area contributed by atoms with E-state index in [-0.39, 0.29) is 5.91 Å². The number of halogens is 2. The lowest BCUT2D eigenvalue weighted by atomic mass is 10.1. The molecule has 1 saturated heterocycles. The Kier molecular flexibility index (Phi) is 8.92. The lowest BCUT2D eigenvalue weighted by Gasteiger charge is -2.16. The molecule has 0 atom stereocenters. The van der Waals surface area contributed by atoms with Crippen molar-refractivity contribution < 1.29 is 14.3 Å². The van der Waals surface area contributed by atoms with E-state index in [0.29, 0.717) is 45.0 Å². The largest absolute Gasteiger partial charge is 0.455 e. The first-order chi connectivity index (χ1) is 17.8. The number of nitrogens with one attached hydrogen (secondary N) is 3. The normalized spacial score (nSPS) is 13.3. The van der Waals surface area contributed by atoms with Crippen molar-refractivity contribution in [2.75, 3.05) is 36.8 Å². The predicted octanol–water partition coefficient (Wildman–Crippen LogP) is 6.87. The number of urea groups is 1. The maximum absolute atomic E-state index is 12.8. The zero-order valence-corrected chi connectivity index (χ0v) is 22.4. The molecule has 1 aliphatic rings. The highest BCUT2D eigenvalue weighted by Crippen LogP contribution is 2.32. The van der Waals surface area contributed by atoms with E-state index >= 15 is 0 Å². The van der Waals surface area contributed by atoms with Crippen LogP contribution in [0.2, 0.25) is 10.0 Å². The number of nitrogens with zero attached hydrogens (tertiary/aromatic N) is 1. The van der Waals surface area contributed by atoms with Crippen LogP contribution in [0, 0.1) is 13.8 Å². The molecule has 4 rings (SSSR count). The number of hydrogen-bond acceptors (Lipinski definition) is 4. The van der Waals surface area contributed by atoms with E-state index in [1.165, 1.54) is 12.8 Å². The molecule has 37 heavy (non-hydrogen) atoms. The lowest BCUT2D eigenvalue weighted by molar-refractivity contribution is 0.0949. The molecule has 0 saturated carbocycles. The highest BCUT2D eigenvalue weighted by molar-refractivity contribution is 6.42. The first kappa shape index (κ1) is 26.8. The second kappa shape index (κ2) is 12.3. The molecule has 0 aromatic heterocycles. The van der Waals surface area contributed by atoms with Gasteiger partial charge < -0.3 is 25.6 Å². The zero-order valence-electron chi connectivity index (χ0n) is 20.9. The number of likely N-dealkylation sites (tertiary alicyclic amines) is 1. The van der Waals surface area contributed by atoms with Gasteiger partial charge in [-0.25, -0.2) is 4.79 Å². The second-order valence-electron chi connectivity index (χ2n) is 9.07. The number of aryl methyl sites for hydroxylation is 2. The quantitative estimate of drug-likeness (QED) is 0.291. The number of ether oxygens (including phenoxy) is 1. The average molecular weight is 541 g/mol. The van der Waals surface area contributed by atoms with Crippen LogP contribution in [0.25, 0.3) is 0 Å². The van der Waals surface area contributed by atoms with E-state index in [1.54, 1.807) is 36.4 Å². The fourth-order valence-electron chi connectivity index (χ4n) is 4.06. The van der Waals surface area contributed by atoms with Crippen molar-refractivity contribution >= 4 is 46.5 Å². The van der Waals surface area contributed by atoms with Crippen LogP contribution in [-0.4, -0.2) is 43.0 Å². The van der Waals surface area contributed by atoms with Gasteiger partial charge in [0.05, 0.1) is 15.7 Å². The number of carbonyl (C=O) groups excluding carboxylic acids is 2. The molecule has 0 spiro atoms. The summed E-state index contributed by atoms with van der Waals surface area (Å²) < 4.78 is 6.10. The lowest BCUT2D eigenvalue weighted by Crippen LogP contribution is -2.33. The number of anilines is 2. The maximum atomic E-state index is 12.8. The van der Waals surface area contributed by atoms with Crippen molar-refractivity contribution in [1.82, 2.24) is 10.2 Å². The van der Waals surface area contributed by atoms with Gasteiger partial charge >= 0.3 is 6.03 Å². The van der Waals surface area contributed by atoms with Crippen molar-refractivity contribution in [2.24, 2.45) is 0 Å². The summed E-state index contributed by atoms with van der Waals surface area (Å²) in [5.74, 6) is 0.810. The fraction of sp³-hybridized carbons (Fsp3) is 0.286. The molecule has 3 amide bonds. The number of amides is 3. The SMILES string of the molecule is Cc1ccc(Oc2ccc(C(=O)NCCN3CCCC3)cc2NC(=O)Nc2ccc(Cl)c(Cl)c2)cc1C. The molecule has 194 valence electrons. The van der Waals surface area contributed by atoms with E-state index in [9.17, 15) is 9.59 Å². The Balaban J connectivity index is 1.51. The van der Waals surface area contributed by atoms with Gasteiger partial charge in [0.2, 0.25) is 0 Å². The van der Waals surface area contributed by atoms with Gasteiger partial charge in [-0.1, -0.05) is 29.3 Å². The molecule has 0 aliphatic carbocycles. The summed E-state index contributed by atoms with van der Waals surface area (Å²) in [6, 6.07) is 15.0. The number of benzene rings is 3. The molecule has 3 aromatic rings. The first-order valence-corrected chi connectivity index (χ1v) is 13.0. The standard InChI is InChI=1S/C28H30Cl2N4O3/c1-18-5-8-22(15-19(18)2)37-26-10-6-20(27(35)31-11-14-34-12-3-4-13-34)16-25(26)33-28(36)32-21-7-9-23(29)24(30)17-21/h5-10,15-17H,3-4,11-14H2,1-2H3,(H,31,35)(H2,32,33,36). The number of hydrogen-bond donors (Lipinski definition) is 3. The molecule has 3 aromatic carbocycles.